The maximum Gasteiger partial charge on any atom is 0.259 e. The average molecular weight is 701 g/mol. The van der Waals surface area contributed by atoms with Crippen LogP contribution in [0.1, 0.15) is 23.2 Å². The van der Waals surface area contributed by atoms with Crippen LogP contribution in [0.2, 0.25) is 0 Å². The Morgan fingerprint density at radius 3 is 1.12 bits per heavy atom. The zero-order valence-corrected chi connectivity index (χ0v) is 25.9. The zero-order valence-electron chi connectivity index (χ0n) is 19.7. The number of imide groups is 2. The first kappa shape index (κ1) is 29.2. The van der Waals surface area contributed by atoms with E-state index in [0.717, 1.165) is 8.61 Å². The lowest BCUT2D eigenvalue weighted by Gasteiger charge is -2.35. The second-order valence-corrected chi connectivity index (χ2v) is 17.7. The highest BCUT2D eigenvalue weighted by Gasteiger charge is 2.74. The van der Waals surface area contributed by atoms with E-state index in [1.807, 2.05) is 12.1 Å². The Kier molecular flexibility index (Phi) is 7.56. The molecule has 0 saturated carbocycles. The molecule has 210 valence electrons. The Labute approximate surface area is 267 Å². The lowest BCUT2D eigenvalue weighted by atomic mass is 9.84. The predicted molar refractivity (Wildman–Crippen MR) is 156 cm³/mol. The minimum Gasteiger partial charge on any atom is -0.273 e. The van der Waals surface area contributed by atoms with Crippen LogP contribution in [0.25, 0.3) is 0 Å². The van der Waals surface area contributed by atoms with Crippen LogP contribution >= 0.6 is 93.5 Å². The molecule has 4 saturated heterocycles. The summed E-state index contributed by atoms with van der Waals surface area (Å²) in [5.41, 5.74) is 1.34. The standard InChI is InChI=1S/C24H16Cl6N4O4S2/c25-23(26,27)39-33-19(35)13-15(11-7-3-1-4-8-11)31-18-14(20(36)34(22(18)38)40-24(28,29)30)16(12-9-5-2-6-10-12)32(31)17(13)21(33)37/h1-10,13-18H/t13-,14-,15+,16+,17-,18+/m0/s1. The maximum absolute atomic E-state index is 13.9. The summed E-state index contributed by atoms with van der Waals surface area (Å²) in [7, 11) is 0. The first-order chi connectivity index (χ1) is 18.8. The number of hydrazine groups is 1. The fourth-order valence-corrected chi connectivity index (χ4v) is 8.61. The van der Waals surface area contributed by atoms with Crippen molar-refractivity contribution in [3.63, 3.8) is 0 Å². The number of benzene rings is 2. The van der Waals surface area contributed by atoms with Crippen molar-refractivity contribution in [2.24, 2.45) is 11.8 Å². The van der Waals surface area contributed by atoms with Gasteiger partial charge in [0.1, 0.15) is 12.1 Å². The van der Waals surface area contributed by atoms with Gasteiger partial charge in [-0.2, -0.15) is 0 Å². The molecular formula is C24H16Cl6N4O4S2. The summed E-state index contributed by atoms with van der Waals surface area (Å²) in [4.78, 5) is 55.5. The van der Waals surface area contributed by atoms with Crippen molar-refractivity contribution in [3.8, 4) is 0 Å². The molecule has 4 fully saturated rings. The number of halogens is 6. The molecule has 2 aromatic rings. The van der Waals surface area contributed by atoms with E-state index >= 15 is 0 Å². The summed E-state index contributed by atoms with van der Waals surface area (Å²) in [6.07, 6.45) is 0. The highest BCUT2D eigenvalue weighted by molar-refractivity contribution is 8.03. The molecule has 16 heteroatoms. The fourth-order valence-electron chi connectivity index (χ4n) is 6.13. The predicted octanol–water partition coefficient (Wildman–Crippen LogP) is 5.67. The van der Waals surface area contributed by atoms with E-state index in [0.29, 0.717) is 35.0 Å². The van der Waals surface area contributed by atoms with Gasteiger partial charge in [0.05, 0.1) is 23.9 Å². The van der Waals surface area contributed by atoms with E-state index in [4.69, 9.17) is 69.6 Å². The van der Waals surface area contributed by atoms with Gasteiger partial charge in [0.25, 0.3) is 18.1 Å². The largest absolute Gasteiger partial charge is 0.273 e. The van der Waals surface area contributed by atoms with Crippen LogP contribution in [0.3, 0.4) is 0 Å². The maximum atomic E-state index is 13.9. The Morgan fingerprint density at radius 2 is 0.825 bits per heavy atom. The van der Waals surface area contributed by atoms with Crippen LogP contribution in [-0.2, 0) is 19.2 Å². The van der Waals surface area contributed by atoms with Crippen molar-refractivity contribution in [2.45, 2.75) is 30.4 Å². The summed E-state index contributed by atoms with van der Waals surface area (Å²) in [5, 5.41) is 3.39. The van der Waals surface area contributed by atoms with Crippen LogP contribution < -0.4 is 0 Å². The minimum atomic E-state index is -1.98. The van der Waals surface area contributed by atoms with Crippen LogP contribution in [0.5, 0.6) is 0 Å². The van der Waals surface area contributed by atoms with Gasteiger partial charge >= 0.3 is 0 Å². The third-order valence-electron chi connectivity index (χ3n) is 7.32. The monoisotopic (exact) mass is 698 g/mol. The minimum absolute atomic E-state index is 0.491. The van der Waals surface area contributed by atoms with Crippen LogP contribution in [0.4, 0.5) is 0 Å². The van der Waals surface area contributed by atoms with Gasteiger partial charge in [0.15, 0.2) is 0 Å². The molecule has 4 aliphatic rings. The van der Waals surface area contributed by atoms with Crippen LogP contribution in [0.15, 0.2) is 60.7 Å². The molecule has 0 aromatic heterocycles. The number of hydrogen-bond acceptors (Lipinski definition) is 8. The van der Waals surface area contributed by atoms with Crippen molar-refractivity contribution < 1.29 is 19.2 Å². The highest BCUT2D eigenvalue weighted by Crippen LogP contribution is 2.61. The molecule has 0 radical (unpaired) electrons. The summed E-state index contributed by atoms with van der Waals surface area (Å²) < 4.78 is -2.21. The van der Waals surface area contributed by atoms with Gasteiger partial charge in [0.2, 0.25) is 11.8 Å². The Morgan fingerprint density at radius 1 is 0.500 bits per heavy atom. The topological polar surface area (TPSA) is 81.2 Å². The number of nitrogens with zero attached hydrogens (tertiary/aromatic N) is 4. The van der Waals surface area contributed by atoms with Gasteiger partial charge < -0.3 is 0 Å². The van der Waals surface area contributed by atoms with Gasteiger partial charge in [-0.25, -0.2) is 18.6 Å². The van der Waals surface area contributed by atoms with Crippen LogP contribution in [-0.4, -0.2) is 60.6 Å². The molecule has 4 heterocycles. The first-order valence-corrected chi connectivity index (χ1v) is 15.6. The van der Waals surface area contributed by atoms with E-state index in [1.54, 1.807) is 58.5 Å². The van der Waals surface area contributed by atoms with Gasteiger partial charge in [-0.3, -0.25) is 19.2 Å². The van der Waals surface area contributed by atoms with Crippen LogP contribution in [0, 0.1) is 11.8 Å². The number of carbonyl (C=O) groups is 4. The molecule has 0 aliphatic carbocycles. The SMILES string of the molecule is O=C1[C@@H]2[C@@H](C(=O)N1SC(Cl)(Cl)Cl)N1[C@H](c3ccccc3)[C@@H]3C(=O)N(SC(Cl)(Cl)Cl)C(=O)[C@@H]3N1[C@@H]2c1ccccc1. The van der Waals surface area contributed by atoms with Gasteiger partial charge in [0, 0.05) is 23.9 Å². The van der Waals surface area contributed by atoms with Crippen molar-refractivity contribution in [1.29, 1.82) is 0 Å². The molecule has 4 aliphatic heterocycles. The Balaban J connectivity index is 1.53. The second kappa shape index (κ2) is 10.4. The van der Waals surface area contributed by atoms with Crippen molar-refractivity contribution in [2.75, 3.05) is 0 Å². The van der Waals surface area contributed by atoms with Gasteiger partial charge in [-0.1, -0.05) is 130 Å². The second-order valence-electron chi connectivity index (χ2n) is 9.43. The summed E-state index contributed by atoms with van der Waals surface area (Å²) in [6.45, 7) is 0. The van der Waals surface area contributed by atoms with Crippen molar-refractivity contribution in [1.82, 2.24) is 18.6 Å². The molecule has 40 heavy (non-hydrogen) atoms. The fraction of sp³-hybridized carbons (Fsp3) is 0.333. The number of carbonyl (C=O) groups excluding carboxylic acids is 4. The molecule has 0 bridgehead atoms. The first-order valence-electron chi connectivity index (χ1n) is 11.7. The number of hydrogen-bond donors (Lipinski definition) is 0. The molecular weight excluding hydrogens is 685 g/mol. The molecule has 6 atom stereocenters. The Bertz CT molecular complexity index is 1290. The quantitative estimate of drug-likeness (QED) is 0.229. The number of fused-ring (bicyclic) bond motifs is 5. The van der Waals surface area contributed by atoms with Crippen molar-refractivity contribution >= 4 is 117 Å². The molecule has 2 aromatic carbocycles. The third-order valence-corrected chi connectivity index (χ3v) is 10.1. The number of alkyl halides is 6. The third kappa shape index (κ3) is 4.72. The van der Waals surface area contributed by atoms with Crippen molar-refractivity contribution in [3.05, 3.63) is 71.8 Å². The smallest absolute Gasteiger partial charge is 0.259 e. The molecule has 0 N–H and O–H groups in total. The Hall–Kier alpha value is -0.920. The highest BCUT2D eigenvalue weighted by atomic mass is 35.6. The van der Waals surface area contributed by atoms with E-state index < -0.39 is 65.9 Å². The number of rotatable bonds is 4. The lowest BCUT2D eigenvalue weighted by Crippen LogP contribution is -2.48. The number of amides is 4. The van der Waals surface area contributed by atoms with Gasteiger partial charge in [-0.15, -0.1) is 0 Å². The van der Waals surface area contributed by atoms with E-state index in [-0.39, 0.29) is 0 Å². The normalized spacial score (nSPS) is 30.9. The zero-order chi connectivity index (χ0) is 28.7. The molecule has 8 nitrogen and oxygen atoms in total. The van der Waals surface area contributed by atoms with E-state index in [2.05, 4.69) is 0 Å². The van der Waals surface area contributed by atoms with E-state index in [9.17, 15) is 19.2 Å². The lowest BCUT2D eigenvalue weighted by molar-refractivity contribution is -0.146. The summed E-state index contributed by atoms with van der Waals surface area (Å²) in [5.74, 6) is -4.27. The summed E-state index contributed by atoms with van der Waals surface area (Å²) in [6, 6.07) is 14.3. The van der Waals surface area contributed by atoms with E-state index in [1.165, 1.54) is 0 Å². The molecule has 0 unspecified atom stereocenters. The molecule has 4 amide bonds. The molecule has 6 rings (SSSR count). The molecule has 0 spiro atoms. The van der Waals surface area contributed by atoms with Gasteiger partial charge in [-0.05, 0) is 11.1 Å². The summed E-state index contributed by atoms with van der Waals surface area (Å²) >= 11 is 36.8. The average Bonchev–Trinajstić information content (AvgIpc) is 3.54.